The molecule has 0 aliphatic carbocycles. The molecule has 3 nitrogen and oxygen atoms in total. The van der Waals surface area contributed by atoms with Crippen LogP contribution in [0.4, 0.5) is 20.2 Å². The molecule has 2 aromatic rings. The molecule has 0 atom stereocenters. The van der Waals surface area contributed by atoms with Crippen LogP contribution in [0.5, 0.6) is 0 Å². The Balaban J connectivity index is 1.88. The third-order valence-corrected chi connectivity index (χ3v) is 4.15. The number of aromatic nitrogens is 1. The first kappa shape index (κ1) is 15.0. The van der Waals surface area contributed by atoms with Crippen LogP contribution in [0.15, 0.2) is 30.5 Å². The van der Waals surface area contributed by atoms with Gasteiger partial charge in [0.1, 0.15) is 0 Å². The zero-order chi connectivity index (χ0) is 15.6. The molecule has 5 heteroatoms. The molecule has 1 fully saturated rings. The summed E-state index contributed by atoms with van der Waals surface area (Å²) in [4.78, 5) is 6.42. The van der Waals surface area contributed by atoms with Crippen molar-refractivity contribution < 1.29 is 8.78 Å². The van der Waals surface area contributed by atoms with Gasteiger partial charge in [0.15, 0.2) is 0 Å². The fourth-order valence-corrected chi connectivity index (χ4v) is 2.84. The van der Waals surface area contributed by atoms with E-state index < -0.39 is 5.92 Å². The van der Waals surface area contributed by atoms with Gasteiger partial charge < -0.3 is 10.2 Å². The van der Waals surface area contributed by atoms with Crippen molar-refractivity contribution in [3.63, 3.8) is 0 Å². The zero-order valence-corrected chi connectivity index (χ0v) is 12.8. The van der Waals surface area contributed by atoms with Crippen LogP contribution in [-0.4, -0.2) is 30.5 Å². The van der Waals surface area contributed by atoms with E-state index in [1.807, 2.05) is 23.1 Å². The lowest BCUT2D eigenvalue weighted by Crippen LogP contribution is -2.39. The second-order valence-electron chi connectivity index (χ2n) is 5.83. The second-order valence-corrected chi connectivity index (χ2v) is 5.83. The molecule has 1 aromatic heterocycles. The Hall–Kier alpha value is -1.91. The predicted octanol–water partition coefficient (Wildman–Crippen LogP) is 4.29. The molecule has 1 aromatic carbocycles. The maximum Gasteiger partial charge on any atom is 0.251 e. The lowest BCUT2D eigenvalue weighted by Gasteiger charge is -2.33. The van der Waals surface area contributed by atoms with E-state index >= 15 is 0 Å². The van der Waals surface area contributed by atoms with Gasteiger partial charge in [-0.25, -0.2) is 8.78 Å². The highest BCUT2D eigenvalue weighted by Crippen LogP contribution is 2.32. The molecule has 0 saturated carbocycles. The van der Waals surface area contributed by atoms with E-state index in [1.54, 1.807) is 6.20 Å². The lowest BCUT2D eigenvalue weighted by molar-refractivity contribution is -0.0220. The quantitative estimate of drug-likeness (QED) is 0.913. The summed E-state index contributed by atoms with van der Waals surface area (Å²) in [6.07, 6.45) is 2.70. The van der Waals surface area contributed by atoms with Crippen molar-refractivity contribution >= 4 is 22.3 Å². The monoisotopic (exact) mass is 305 g/mol. The van der Waals surface area contributed by atoms with Crippen LogP contribution in [0.3, 0.4) is 0 Å². The lowest BCUT2D eigenvalue weighted by atomic mass is 10.1. The molecule has 22 heavy (non-hydrogen) atoms. The predicted molar refractivity (Wildman–Crippen MR) is 86.9 cm³/mol. The number of fused-ring (bicyclic) bond motifs is 1. The van der Waals surface area contributed by atoms with Crippen molar-refractivity contribution in [3.05, 3.63) is 30.5 Å². The van der Waals surface area contributed by atoms with Gasteiger partial charge in [0.05, 0.1) is 5.52 Å². The molecule has 1 N–H and O–H groups in total. The first-order chi connectivity index (χ1) is 10.6. The normalized spacial score (nSPS) is 17.7. The number of hydrogen-bond donors (Lipinski definition) is 1. The Labute approximate surface area is 129 Å². The number of nitrogens with zero attached hydrogens (tertiary/aromatic N) is 2. The number of halogens is 2. The van der Waals surface area contributed by atoms with Gasteiger partial charge in [-0.15, -0.1) is 0 Å². The van der Waals surface area contributed by atoms with Crippen molar-refractivity contribution in [2.75, 3.05) is 29.9 Å². The summed E-state index contributed by atoms with van der Waals surface area (Å²) in [5, 5.41) is 4.45. The summed E-state index contributed by atoms with van der Waals surface area (Å²) in [5.41, 5.74) is 2.97. The summed E-state index contributed by atoms with van der Waals surface area (Å²) in [6, 6.07) is 7.97. The first-order valence-corrected chi connectivity index (χ1v) is 7.84. The highest BCUT2D eigenvalue weighted by molar-refractivity contribution is 5.93. The number of rotatable bonds is 4. The summed E-state index contributed by atoms with van der Waals surface area (Å²) >= 11 is 0. The zero-order valence-electron chi connectivity index (χ0n) is 12.8. The Morgan fingerprint density at radius 1 is 1.23 bits per heavy atom. The molecule has 1 saturated heterocycles. The van der Waals surface area contributed by atoms with Crippen LogP contribution >= 0.6 is 0 Å². The molecule has 118 valence electrons. The maximum absolute atomic E-state index is 13.3. The molecular weight excluding hydrogens is 284 g/mol. The van der Waals surface area contributed by atoms with E-state index in [2.05, 4.69) is 23.3 Å². The molecule has 0 unspecified atom stereocenters. The molecule has 2 heterocycles. The molecule has 0 bridgehead atoms. The second kappa shape index (κ2) is 6.07. The third-order valence-electron chi connectivity index (χ3n) is 4.15. The van der Waals surface area contributed by atoms with Crippen molar-refractivity contribution in [1.29, 1.82) is 0 Å². The van der Waals surface area contributed by atoms with Crippen molar-refractivity contribution in [2.45, 2.75) is 32.1 Å². The number of nitrogens with one attached hydrogen (secondary N) is 1. The summed E-state index contributed by atoms with van der Waals surface area (Å²) < 4.78 is 26.6. The Bertz CT molecular complexity index is 647. The summed E-state index contributed by atoms with van der Waals surface area (Å²) in [6.45, 7) is 3.82. The van der Waals surface area contributed by atoms with Crippen LogP contribution in [0, 0.1) is 0 Å². The Kier molecular flexibility index (Phi) is 4.14. The molecule has 0 spiro atoms. The van der Waals surface area contributed by atoms with Gasteiger partial charge in [-0.2, -0.15) is 0 Å². The van der Waals surface area contributed by atoms with Crippen LogP contribution in [0.1, 0.15) is 26.2 Å². The minimum absolute atomic E-state index is 0.0704. The summed E-state index contributed by atoms with van der Waals surface area (Å²) in [7, 11) is 0. The van der Waals surface area contributed by atoms with Crippen LogP contribution in [-0.2, 0) is 0 Å². The Morgan fingerprint density at radius 2 is 2.00 bits per heavy atom. The minimum Gasteiger partial charge on any atom is -0.384 e. The molecule has 0 radical (unpaired) electrons. The first-order valence-electron chi connectivity index (χ1n) is 7.84. The SMILES string of the molecule is CCCNc1ccnc2ccc(N3CCC(F)(F)CC3)cc12. The van der Waals surface area contributed by atoms with Gasteiger partial charge in [0, 0.05) is 55.4 Å². The van der Waals surface area contributed by atoms with E-state index in [1.165, 1.54) is 0 Å². The van der Waals surface area contributed by atoms with E-state index in [4.69, 9.17) is 0 Å². The number of pyridine rings is 1. The van der Waals surface area contributed by atoms with Crippen LogP contribution in [0.2, 0.25) is 0 Å². The molecule has 1 aliphatic rings. The molecule has 3 rings (SSSR count). The van der Waals surface area contributed by atoms with Gasteiger partial charge in [-0.1, -0.05) is 6.92 Å². The fourth-order valence-electron chi connectivity index (χ4n) is 2.84. The smallest absolute Gasteiger partial charge is 0.251 e. The molecule has 0 amide bonds. The number of anilines is 2. The Morgan fingerprint density at radius 3 is 2.73 bits per heavy atom. The van der Waals surface area contributed by atoms with E-state index in [-0.39, 0.29) is 12.8 Å². The van der Waals surface area contributed by atoms with Gasteiger partial charge in [0.2, 0.25) is 0 Å². The number of piperidine rings is 1. The topological polar surface area (TPSA) is 28.2 Å². The van der Waals surface area contributed by atoms with Gasteiger partial charge in [-0.3, -0.25) is 4.98 Å². The largest absolute Gasteiger partial charge is 0.384 e. The third kappa shape index (κ3) is 3.13. The standard InChI is InChI=1S/C17H21F2N3/c1-2-8-20-16-5-9-21-15-4-3-13(12-14(15)16)22-10-6-17(18,19)7-11-22/h3-5,9,12H,2,6-8,10-11H2,1H3,(H,20,21). The van der Waals surface area contributed by atoms with Crippen molar-refractivity contribution in [1.82, 2.24) is 4.98 Å². The fraction of sp³-hybridized carbons (Fsp3) is 0.471. The maximum atomic E-state index is 13.3. The average Bonchev–Trinajstić information content (AvgIpc) is 2.52. The van der Waals surface area contributed by atoms with E-state index in [0.717, 1.165) is 35.2 Å². The van der Waals surface area contributed by atoms with Gasteiger partial charge in [-0.05, 0) is 30.7 Å². The summed E-state index contributed by atoms with van der Waals surface area (Å²) in [5.74, 6) is -2.51. The van der Waals surface area contributed by atoms with E-state index in [9.17, 15) is 8.78 Å². The number of alkyl halides is 2. The molecular formula is C17H21F2N3. The van der Waals surface area contributed by atoms with Gasteiger partial charge in [0.25, 0.3) is 5.92 Å². The van der Waals surface area contributed by atoms with Crippen LogP contribution < -0.4 is 10.2 Å². The van der Waals surface area contributed by atoms with E-state index in [0.29, 0.717) is 13.1 Å². The number of hydrogen-bond acceptors (Lipinski definition) is 3. The highest BCUT2D eigenvalue weighted by atomic mass is 19.3. The molecule has 1 aliphatic heterocycles. The average molecular weight is 305 g/mol. The van der Waals surface area contributed by atoms with Crippen molar-refractivity contribution in [2.24, 2.45) is 0 Å². The number of benzene rings is 1. The van der Waals surface area contributed by atoms with Crippen molar-refractivity contribution in [3.8, 4) is 0 Å². The highest BCUT2D eigenvalue weighted by Gasteiger charge is 2.34. The van der Waals surface area contributed by atoms with Crippen LogP contribution in [0.25, 0.3) is 10.9 Å². The minimum atomic E-state index is -2.51. The van der Waals surface area contributed by atoms with Gasteiger partial charge >= 0.3 is 0 Å².